The summed E-state index contributed by atoms with van der Waals surface area (Å²) in [6.07, 6.45) is -2.63. The van der Waals surface area contributed by atoms with Gasteiger partial charge in [0.25, 0.3) is 0 Å². The van der Waals surface area contributed by atoms with Crippen molar-refractivity contribution in [2.45, 2.75) is 25.1 Å². The molecule has 2 amide bonds. The lowest BCUT2D eigenvalue weighted by Gasteiger charge is -2.25. The van der Waals surface area contributed by atoms with Gasteiger partial charge in [0.2, 0.25) is 0 Å². The van der Waals surface area contributed by atoms with Crippen LogP contribution in [0.2, 0.25) is 0 Å². The van der Waals surface area contributed by atoms with Crippen LogP contribution in [0.3, 0.4) is 0 Å². The molecule has 4 nitrogen and oxygen atoms in total. The molecule has 1 unspecified atom stereocenters. The van der Waals surface area contributed by atoms with Gasteiger partial charge in [-0.25, -0.2) is 4.79 Å². The molecule has 0 aliphatic carbocycles. The maximum Gasteiger partial charge on any atom is 0.416 e. The van der Waals surface area contributed by atoms with Crippen LogP contribution in [0.15, 0.2) is 48.5 Å². The van der Waals surface area contributed by atoms with E-state index in [1.54, 1.807) is 12.0 Å². The molecule has 1 aliphatic heterocycles. The Balaban J connectivity index is 1.59. The molecule has 1 atom stereocenters. The third kappa shape index (κ3) is 5.23. The fourth-order valence-electron chi connectivity index (χ4n) is 3.32. The minimum Gasteiger partial charge on any atom is -0.497 e. The van der Waals surface area contributed by atoms with E-state index < -0.39 is 11.7 Å². The number of alkyl halides is 3. The van der Waals surface area contributed by atoms with E-state index in [2.05, 4.69) is 17.2 Å². The highest BCUT2D eigenvalue weighted by molar-refractivity contribution is 5.75. The van der Waals surface area contributed by atoms with Crippen molar-refractivity contribution in [1.29, 1.82) is 0 Å². The topological polar surface area (TPSA) is 41.6 Å². The van der Waals surface area contributed by atoms with Crippen LogP contribution in [0.4, 0.5) is 18.0 Å². The fraction of sp³-hybridized carbons (Fsp3) is 0.318. The number of benzene rings is 2. The summed E-state index contributed by atoms with van der Waals surface area (Å²) in [5.74, 6) is 6.13. The lowest BCUT2D eigenvalue weighted by atomic mass is 10.0. The predicted molar refractivity (Wildman–Crippen MR) is 103 cm³/mol. The number of likely N-dealkylation sites (tertiary alicyclic amines) is 1. The number of rotatable bonds is 3. The number of urea groups is 1. The van der Waals surface area contributed by atoms with Crippen LogP contribution in [0.25, 0.3) is 0 Å². The quantitative estimate of drug-likeness (QED) is 0.762. The van der Waals surface area contributed by atoms with Gasteiger partial charge in [0.05, 0.1) is 25.3 Å². The Morgan fingerprint density at radius 3 is 2.69 bits per heavy atom. The van der Waals surface area contributed by atoms with Crippen LogP contribution in [-0.2, 0) is 6.18 Å². The Hall–Kier alpha value is -3.14. The molecule has 0 bridgehead atoms. The third-order valence-electron chi connectivity index (χ3n) is 4.76. The van der Waals surface area contributed by atoms with Gasteiger partial charge in [0.1, 0.15) is 5.75 Å². The number of nitrogens with one attached hydrogen (secondary N) is 1. The molecule has 3 rings (SSSR count). The van der Waals surface area contributed by atoms with Crippen LogP contribution in [0.5, 0.6) is 5.75 Å². The molecule has 152 valence electrons. The first-order chi connectivity index (χ1) is 13.9. The molecule has 7 heteroatoms. The SMILES string of the molecule is COc1ccc(C2CCCN2C(=O)NCC#Cc2cccc(C(F)(F)F)c2)cc1. The first kappa shape index (κ1) is 20.6. The number of hydrogen-bond acceptors (Lipinski definition) is 2. The van der Waals surface area contributed by atoms with Crippen molar-refractivity contribution in [1.82, 2.24) is 10.2 Å². The average molecular weight is 402 g/mol. The fourth-order valence-corrected chi connectivity index (χ4v) is 3.32. The van der Waals surface area contributed by atoms with E-state index in [9.17, 15) is 18.0 Å². The van der Waals surface area contributed by atoms with Gasteiger partial charge in [-0.15, -0.1) is 0 Å². The summed E-state index contributed by atoms with van der Waals surface area (Å²) in [5.41, 5.74) is 0.549. The second-order valence-corrected chi connectivity index (χ2v) is 6.66. The molecule has 0 radical (unpaired) electrons. The Bertz CT molecular complexity index is 914. The van der Waals surface area contributed by atoms with Crippen LogP contribution in [0.1, 0.15) is 35.6 Å². The van der Waals surface area contributed by atoms with Gasteiger partial charge in [0, 0.05) is 12.1 Å². The van der Waals surface area contributed by atoms with E-state index in [0.29, 0.717) is 6.54 Å². The number of halogens is 3. The Kier molecular flexibility index (Phi) is 6.32. The van der Waals surface area contributed by atoms with Gasteiger partial charge in [-0.05, 0) is 48.7 Å². The van der Waals surface area contributed by atoms with Gasteiger partial charge in [-0.2, -0.15) is 13.2 Å². The second kappa shape index (κ2) is 8.91. The normalized spacial score (nSPS) is 16.1. The number of hydrogen-bond donors (Lipinski definition) is 1. The molecule has 0 aromatic heterocycles. The lowest BCUT2D eigenvalue weighted by molar-refractivity contribution is -0.137. The monoisotopic (exact) mass is 402 g/mol. The highest BCUT2D eigenvalue weighted by Gasteiger charge is 2.30. The minimum absolute atomic E-state index is 0.0164. The van der Waals surface area contributed by atoms with Crippen molar-refractivity contribution < 1.29 is 22.7 Å². The zero-order valence-corrected chi connectivity index (χ0v) is 15.9. The Labute approximate surface area is 167 Å². The highest BCUT2D eigenvalue weighted by atomic mass is 19.4. The summed E-state index contributed by atoms with van der Waals surface area (Å²) in [5, 5.41) is 2.73. The summed E-state index contributed by atoms with van der Waals surface area (Å²) >= 11 is 0. The van der Waals surface area contributed by atoms with E-state index in [1.165, 1.54) is 12.1 Å². The first-order valence-corrected chi connectivity index (χ1v) is 9.23. The number of ether oxygens (including phenoxy) is 1. The molecule has 1 N–H and O–H groups in total. The molecule has 0 saturated carbocycles. The molecule has 1 aliphatic rings. The van der Waals surface area contributed by atoms with Gasteiger partial charge in [-0.3, -0.25) is 0 Å². The molecule has 0 spiro atoms. The summed E-state index contributed by atoms with van der Waals surface area (Å²) in [6.45, 7) is 0.699. The van der Waals surface area contributed by atoms with Crippen molar-refractivity contribution >= 4 is 6.03 Å². The van der Waals surface area contributed by atoms with E-state index in [0.717, 1.165) is 36.3 Å². The first-order valence-electron chi connectivity index (χ1n) is 9.23. The standard InChI is InChI=1S/C22H21F3N2O2/c1-29-19-11-9-17(10-12-19)20-8-4-14-27(20)21(28)26-13-3-6-16-5-2-7-18(15-16)22(23,24)25/h2,5,7,9-12,15,20H,4,8,13-14H2,1H3,(H,26,28). The maximum atomic E-state index is 12.7. The van der Waals surface area contributed by atoms with Crippen molar-refractivity contribution in [2.75, 3.05) is 20.2 Å². The maximum absolute atomic E-state index is 12.7. The number of carbonyl (C=O) groups excluding carboxylic acids is 1. The molecule has 1 fully saturated rings. The molecular formula is C22H21F3N2O2. The van der Waals surface area contributed by atoms with Crippen molar-refractivity contribution in [3.8, 4) is 17.6 Å². The Morgan fingerprint density at radius 1 is 1.24 bits per heavy atom. The molecular weight excluding hydrogens is 381 g/mol. The lowest BCUT2D eigenvalue weighted by Crippen LogP contribution is -2.39. The zero-order chi connectivity index (χ0) is 20.9. The zero-order valence-electron chi connectivity index (χ0n) is 15.9. The van der Waals surface area contributed by atoms with Crippen LogP contribution < -0.4 is 10.1 Å². The number of methoxy groups -OCH3 is 1. The van der Waals surface area contributed by atoms with Crippen LogP contribution >= 0.6 is 0 Å². The highest BCUT2D eigenvalue weighted by Crippen LogP contribution is 2.32. The molecule has 2 aromatic carbocycles. The summed E-state index contributed by atoms with van der Waals surface area (Å²) < 4.78 is 43.4. The van der Waals surface area contributed by atoms with Crippen molar-refractivity contribution in [3.05, 3.63) is 65.2 Å². The van der Waals surface area contributed by atoms with Gasteiger partial charge >= 0.3 is 12.2 Å². The summed E-state index contributed by atoms with van der Waals surface area (Å²) in [4.78, 5) is 14.3. The second-order valence-electron chi connectivity index (χ2n) is 6.66. The van der Waals surface area contributed by atoms with E-state index in [1.807, 2.05) is 24.3 Å². The molecule has 1 heterocycles. The van der Waals surface area contributed by atoms with Gasteiger partial charge in [-0.1, -0.05) is 30.0 Å². The summed E-state index contributed by atoms with van der Waals surface area (Å²) in [7, 11) is 1.60. The van der Waals surface area contributed by atoms with Crippen molar-refractivity contribution in [3.63, 3.8) is 0 Å². The predicted octanol–water partition coefficient (Wildman–Crippen LogP) is 4.61. The smallest absolute Gasteiger partial charge is 0.416 e. The van der Waals surface area contributed by atoms with E-state index in [4.69, 9.17) is 4.74 Å². The number of carbonyl (C=O) groups is 1. The Morgan fingerprint density at radius 2 is 2.00 bits per heavy atom. The largest absolute Gasteiger partial charge is 0.497 e. The molecule has 1 saturated heterocycles. The van der Waals surface area contributed by atoms with E-state index >= 15 is 0 Å². The van der Waals surface area contributed by atoms with Crippen molar-refractivity contribution in [2.24, 2.45) is 0 Å². The third-order valence-corrected chi connectivity index (χ3v) is 4.76. The van der Waals surface area contributed by atoms with Crippen LogP contribution in [-0.4, -0.2) is 31.1 Å². The number of nitrogens with zero attached hydrogens (tertiary/aromatic N) is 1. The molecule has 29 heavy (non-hydrogen) atoms. The summed E-state index contributed by atoms with van der Waals surface area (Å²) in [6, 6.07) is 12.2. The number of amides is 2. The van der Waals surface area contributed by atoms with E-state index in [-0.39, 0.29) is 24.2 Å². The van der Waals surface area contributed by atoms with Gasteiger partial charge < -0.3 is 15.0 Å². The van der Waals surface area contributed by atoms with Crippen LogP contribution in [0, 0.1) is 11.8 Å². The molecule has 2 aromatic rings. The average Bonchev–Trinajstić information content (AvgIpc) is 3.21. The van der Waals surface area contributed by atoms with Gasteiger partial charge in [0.15, 0.2) is 0 Å². The minimum atomic E-state index is -4.40.